The maximum atomic E-state index is 12.6. The topological polar surface area (TPSA) is 105 Å². The van der Waals surface area contributed by atoms with Gasteiger partial charge in [-0.3, -0.25) is 19.0 Å². The van der Waals surface area contributed by atoms with Crippen LogP contribution >= 0.6 is 12.2 Å². The van der Waals surface area contributed by atoms with Crippen LogP contribution in [-0.2, 0) is 16.1 Å². The summed E-state index contributed by atoms with van der Waals surface area (Å²) in [6, 6.07) is 14.3. The summed E-state index contributed by atoms with van der Waals surface area (Å²) in [6.45, 7) is 2.88. The van der Waals surface area contributed by atoms with Crippen LogP contribution in [0, 0.1) is 4.77 Å². The molecule has 2 aromatic carbocycles. The highest BCUT2D eigenvalue weighted by Crippen LogP contribution is 2.15. The molecule has 0 spiro atoms. The number of unbranched alkanes of at least 4 members (excludes halogenated alkanes) is 2. The number of carbonyl (C=O) groups is 2. The van der Waals surface area contributed by atoms with Crippen molar-refractivity contribution in [2.75, 3.05) is 18.5 Å². The third kappa shape index (κ3) is 7.01. The van der Waals surface area contributed by atoms with E-state index in [9.17, 15) is 14.4 Å². The Bertz CT molecular complexity index is 1220. The van der Waals surface area contributed by atoms with Crippen molar-refractivity contribution in [1.82, 2.24) is 14.9 Å². The Morgan fingerprint density at radius 1 is 1.03 bits per heavy atom. The number of benzene rings is 2. The van der Waals surface area contributed by atoms with Crippen LogP contribution in [-0.4, -0.2) is 34.5 Å². The second-order valence-electron chi connectivity index (χ2n) is 7.53. The molecule has 0 saturated heterocycles. The number of nitrogens with zero attached hydrogens (tertiary/aromatic N) is 1. The zero-order valence-corrected chi connectivity index (χ0v) is 19.4. The maximum absolute atomic E-state index is 12.6. The molecule has 0 radical (unpaired) electrons. The molecule has 0 aliphatic carbocycles. The van der Waals surface area contributed by atoms with Gasteiger partial charge in [-0.25, -0.2) is 0 Å². The van der Waals surface area contributed by atoms with E-state index in [-0.39, 0.29) is 23.9 Å². The molecule has 0 unspecified atom stereocenters. The first-order valence-electron chi connectivity index (χ1n) is 11.0. The Morgan fingerprint density at radius 3 is 2.55 bits per heavy atom. The molecule has 8 nitrogen and oxygen atoms in total. The standard InChI is InChI=1S/C24H28N4O4S/c1-2-32-18-13-11-17(12-14-18)26-22(30)16-25-21(29)10-4-3-7-15-28-23(31)19-8-5-6-9-20(19)27-24(28)33/h5-6,8-9,11-14H,2-4,7,10,15-16H2,1H3,(H,25,29)(H,26,30)(H,27,33). The van der Waals surface area contributed by atoms with E-state index in [1.165, 1.54) is 0 Å². The quantitative estimate of drug-likeness (QED) is 0.293. The van der Waals surface area contributed by atoms with Crippen molar-refractivity contribution in [2.24, 2.45) is 0 Å². The van der Waals surface area contributed by atoms with Gasteiger partial charge in [-0.05, 0) is 68.4 Å². The van der Waals surface area contributed by atoms with Crippen molar-refractivity contribution < 1.29 is 14.3 Å². The lowest BCUT2D eigenvalue weighted by Crippen LogP contribution is -2.32. The summed E-state index contributed by atoms with van der Waals surface area (Å²) in [5.74, 6) is 0.255. The normalized spacial score (nSPS) is 10.7. The number of ether oxygens (including phenoxy) is 1. The van der Waals surface area contributed by atoms with E-state index in [0.29, 0.717) is 41.8 Å². The number of rotatable bonds is 11. The average Bonchev–Trinajstić information content (AvgIpc) is 2.81. The summed E-state index contributed by atoms with van der Waals surface area (Å²) >= 11 is 5.31. The predicted molar refractivity (Wildman–Crippen MR) is 131 cm³/mol. The van der Waals surface area contributed by atoms with Crippen LogP contribution in [0.15, 0.2) is 53.3 Å². The summed E-state index contributed by atoms with van der Waals surface area (Å²) in [4.78, 5) is 39.7. The van der Waals surface area contributed by atoms with Gasteiger partial charge in [-0.1, -0.05) is 18.6 Å². The van der Waals surface area contributed by atoms with Crippen molar-refractivity contribution in [3.8, 4) is 5.75 Å². The zero-order valence-electron chi connectivity index (χ0n) is 18.6. The molecular weight excluding hydrogens is 440 g/mol. The molecule has 0 aliphatic heterocycles. The van der Waals surface area contributed by atoms with Gasteiger partial charge in [0, 0.05) is 18.7 Å². The SMILES string of the molecule is CCOc1ccc(NC(=O)CNC(=O)CCCCCn2c(=S)[nH]c3ccccc3c2=O)cc1. The minimum absolute atomic E-state index is 0.0896. The van der Waals surface area contributed by atoms with E-state index < -0.39 is 0 Å². The number of para-hydroxylation sites is 1. The summed E-state index contributed by atoms with van der Waals surface area (Å²) in [5.41, 5.74) is 1.26. The van der Waals surface area contributed by atoms with E-state index >= 15 is 0 Å². The van der Waals surface area contributed by atoms with E-state index in [1.807, 2.05) is 25.1 Å². The van der Waals surface area contributed by atoms with Crippen LogP contribution in [0.25, 0.3) is 10.9 Å². The molecule has 1 aromatic heterocycles. The lowest BCUT2D eigenvalue weighted by molar-refractivity contribution is -0.124. The number of carbonyl (C=O) groups excluding carboxylic acids is 2. The largest absolute Gasteiger partial charge is 0.494 e. The highest BCUT2D eigenvalue weighted by Gasteiger charge is 2.08. The van der Waals surface area contributed by atoms with E-state index in [0.717, 1.165) is 24.1 Å². The molecule has 174 valence electrons. The molecule has 0 saturated carbocycles. The van der Waals surface area contributed by atoms with Gasteiger partial charge in [0.15, 0.2) is 4.77 Å². The Balaban J connectivity index is 1.35. The first-order valence-corrected chi connectivity index (χ1v) is 11.4. The smallest absolute Gasteiger partial charge is 0.262 e. The third-order valence-electron chi connectivity index (χ3n) is 5.07. The number of fused-ring (bicyclic) bond motifs is 1. The summed E-state index contributed by atoms with van der Waals surface area (Å²) in [5, 5.41) is 5.96. The highest BCUT2D eigenvalue weighted by atomic mass is 32.1. The predicted octanol–water partition coefficient (Wildman–Crippen LogP) is 3.77. The van der Waals surface area contributed by atoms with Gasteiger partial charge in [0.2, 0.25) is 11.8 Å². The lowest BCUT2D eigenvalue weighted by Gasteiger charge is -2.09. The van der Waals surface area contributed by atoms with Gasteiger partial charge in [0.25, 0.3) is 5.56 Å². The highest BCUT2D eigenvalue weighted by molar-refractivity contribution is 7.71. The van der Waals surface area contributed by atoms with Crippen LogP contribution in [0.3, 0.4) is 0 Å². The van der Waals surface area contributed by atoms with Gasteiger partial charge in [0.1, 0.15) is 5.75 Å². The number of hydrogen-bond acceptors (Lipinski definition) is 5. The molecule has 33 heavy (non-hydrogen) atoms. The van der Waals surface area contributed by atoms with Gasteiger partial charge in [0.05, 0.1) is 24.1 Å². The van der Waals surface area contributed by atoms with Gasteiger partial charge in [-0.2, -0.15) is 0 Å². The number of nitrogens with one attached hydrogen (secondary N) is 3. The molecule has 0 bridgehead atoms. The third-order valence-corrected chi connectivity index (χ3v) is 5.39. The Morgan fingerprint density at radius 2 is 1.79 bits per heavy atom. The first kappa shape index (κ1) is 24.2. The van der Waals surface area contributed by atoms with Gasteiger partial charge in [-0.15, -0.1) is 0 Å². The number of aromatic amines is 1. The first-order chi connectivity index (χ1) is 16.0. The number of amides is 2. The fraction of sp³-hybridized carbons (Fsp3) is 0.333. The molecule has 3 rings (SSSR count). The van der Waals surface area contributed by atoms with Crippen molar-refractivity contribution in [3.63, 3.8) is 0 Å². The number of H-pyrrole nitrogens is 1. The van der Waals surface area contributed by atoms with Crippen LogP contribution in [0.5, 0.6) is 5.75 Å². The molecule has 0 aliphatic rings. The Kier molecular flexibility index (Phi) is 8.77. The minimum atomic E-state index is -0.294. The number of hydrogen-bond donors (Lipinski definition) is 3. The molecule has 2 amide bonds. The molecule has 0 fully saturated rings. The Hall–Kier alpha value is -3.46. The van der Waals surface area contributed by atoms with Crippen molar-refractivity contribution in [2.45, 2.75) is 39.2 Å². The van der Waals surface area contributed by atoms with Gasteiger partial charge >= 0.3 is 0 Å². The molecule has 9 heteroatoms. The summed E-state index contributed by atoms with van der Waals surface area (Å²) in [6.07, 6.45) is 2.46. The molecular formula is C24H28N4O4S. The fourth-order valence-electron chi connectivity index (χ4n) is 3.41. The second-order valence-corrected chi connectivity index (χ2v) is 7.91. The van der Waals surface area contributed by atoms with Crippen LogP contribution < -0.4 is 20.9 Å². The average molecular weight is 469 g/mol. The zero-order chi connectivity index (χ0) is 23.6. The Labute approximate surface area is 197 Å². The summed E-state index contributed by atoms with van der Waals surface area (Å²) in [7, 11) is 0. The van der Waals surface area contributed by atoms with E-state index in [4.69, 9.17) is 17.0 Å². The maximum Gasteiger partial charge on any atom is 0.262 e. The van der Waals surface area contributed by atoms with E-state index in [2.05, 4.69) is 15.6 Å². The number of anilines is 1. The van der Waals surface area contributed by atoms with Crippen molar-refractivity contribution in [1.29, 1.82) is 0 Å². The minimum Gasteiger partial charge on any atom is -0.494 e. The lowest BCUT2D eigenvalue weighted by atomic mass is 10.2. The molecule has 0 atom stereocenters. The fourth-order valence-corrected chi connectivity index (χ4v) is 3.69. The van der Waals surface area contributed by atoms with Crippen molar-refractivity contribution in [3.05, 3.63) is 63.7 Å². The molecule has 3 aromatic rings. The summed E-state index contributed by atoms with van der Waals surface area (Å²) < 4.78 is 7.32. The second kappa shape index (κ2) is 12.0. The van der Waals surface area contributed by atoms with Crippen LogP contribution in [0.2, 0.25) is 0 Å². The molecule has 1 heterocycles. The van der Waals surface area contributed by atoms with Crippen LogP contribution in [0.1, 0.15) is 32.6 Å². The van der Waals surface area contributed by atoms with Crippen LogP contribution in [0.4, 0.5) is 5.69 Å². The molecule has 3 N–H and O–H groups in total. The number of aromatic nitrogens is 2. The van der Waals surface area contributed by atoms with E-state index in [1.54, 1.807) is 34.9 Å². The van der Waals surface area contributed by atoms with Crippen molar-refractivity contribution >= 4 is 40.6 Å². The monoisotopic (exact) mass is 468 g/mol. The van der Waals surface area contributed by atoms with Gasteiger partial charge < -0.3 is 20.4 Å².